The highest BCUT2D eigenvalue weighted by Crippen LogP contribution is 2.29. The minimum atomic E-state index is -0.215. The zero-order valence-corrected chi connectivity index (χ0v) is 11.8. The van der Waals surface area contributed by atoms with Gasteiger partial charge in [-0.05, 0) is 37.9 Å². The van der Waals surface area contributed by atoms with E-state index in [1.165, 1.54) is 11.1 Å². The number of hydrogen-bond donors (Lipinski definition) is 2. The van der Waals surface area contributed by atoms with E-state index in [2.05, 4.69) is 42.3 Å². The predicted molar refractivity (Wildman–Crippen MR) is 78.1 cm³/mol. The molecule has 1 aliphatic rings. The first-order chi connectivity index (χ1) is 9.13. The number of hydrogen-bond acceptors (Lipinski definition) is 3. The Labute approximate surface area is 115 Å². The van der Waals surface area contributed by atoms with E-state index in [9.17, 15) is 4.79 Å². The number of primary amides is 1. The van der Waals surface area contributed by atoms with Crippen molar-refractivity contribution in [3.05, 3.63) is 29.3 Å². The summed E-state index contributed by atoms with van der Waals surface area (Å²) in [4.78, 5) is 13.7. The third kappa shape index (κ3) is 3.07. The molecule has 0 spiro atoms. The van der Waals surface area contributed by atoms with E-state index in [0.717, 1.165) is 38.2 Å². The molecule has 1 aliphatic heterocycles. The number of carbonyl (C=O) groups excluding carboxylic acids is 1. The van der Waals surface area contributed by atoms with Crippen molar-refractivity contribution in [3.8, 4) is 0 Å². The Hall–Kier alpha value is -1.55. The molecule has 1 aromatic carbocycles. The largest absolute Gasteiger partial charge is 0.368 e. The van der Waals surface area contributed by atoms with Gasteiger partial charge in [0.25, 0.3) is 0 Å². The van der Waals surface area contributed by atoms with Gasteiger partial charge < -0.3 is 16.0 Å². The molecule has 2 rings (SSSR count). The monoisotopic (exact) mass is 261 g/mol. The van der Waals surface area contributed by atoms with Gasteiger partial charge in [-0.1, -0.05) is 24.6 Å². The summed E-state index contributed by atoms with van der Waals surface area (Å²) >= 11 is 0. The molecule has 0 aliphatic carbocycles. The summed E-state index contributed by atoms with van der Waals surface area (Å²) in [5, 5.41) is 3.36. The molecule has 1 aromatic rings. The molecule has 104 valence electrons. The van der Waals surface area contributed by atoms with Crippen LogP contribution in [0, 0.1) is 6.92 Å². The molecule has 1 atom stereocenters. The van der Waals surface area contributed by atoms with Gasteiger partial charge in [0.2, 0.25) is 5.91 Å². The second kappa shape index (κ2) is 6.06. The number of rotatable bonds is 5. The highest BCUT2D eigenvalue weighted by Gasteiger charge is 2.30. The van der Waals surface area contributed by atoms with Crippen molar-refractivity contribution in [1.82, 2.24) is 5.32 Å². The predicted octanol–water partition coefficient (Wildman–Crippen LogP) is 1.56. The van der Waals surface area contributed by atoms with Crippen molar-refractivity contribution in [3.63, 3.8) is 0 Å². The zero-order valence-electron chi connectivity index (χ0n) is 11.8. The van der Waals surface area contributed by atoms with E-state index >= 15 is 0 Å². The molecule has 1 amide bonds. The summed E-state index contributed by atoms with van der Waals surface area (Å²) in [6, 6.07) is 6.25. The number of nitrogens with one attached hydrogen (secondary N) is 1. The van der Waals surface area contributed by atoms with Crippen molar-refractivity contribution in [1.29, 1.82) is 0 Å². The highest BCUT2D eigenvalue weighted by atomic mass is 16.1. The fourth-order valence-electron chi connectivity index (χ4n) is 2.75. The number of anilines is 1. The average molecular weight is 261 g/mol. The van der Waals surface area contributed by atoms with Crippen LogP contribution in [0.2, 0.25) is 0 Å². The third-order valence-corrected chi connectivity index (χ3v) is 3.69. The lowest BCUT2D eigenvalue weighted by atomic mass is 10.1. The van der Waals surface area contributed by atoms with E-state index in [1.54, 1.807) is 0 Å². The maximum absolute atomic E-state index is 11.5. The molecule has 1 heterocycles. The van der Waals surface area contributed by atoms with Gasteiger partial charge in [0, 0.05) is 18.8 Å². The quantitative estimate of drug-likeness (QED) is 0.845. The SMILES string of the molecule is CCNCc1cc(C)ccc1N1CCCC1C(N)=O. The van der Waals surface area contributed by atoms with Crippen molar-refractivity contribution >= 4 is 11.6 Å². The standard InChI is InChI=1S/C15H23N3O/c1-3-17-10-12-9-11(2)6-7-13(12)18-8-4-5-14(18)15(16)19/h6-7,9,14,17H,3-5,8,10H2,1-2H3,(H2,16,19). The molecule has 4 nitrogen and oxygen atoms in total. The normalized spacial score (nSPS) is 18.8. The lowest BCUT2D eigenvalue weighted by molar-refractivity contribution is -0.119. The Balaban J connectivity index is 2.29. The lowest BCUT2D eigenvalue weighted by Crippen LogP contribution is -2.41. The van der Waals surface area contributed by atoms with Crippen molar-refractivity contribution in [2.75, 3.05) is 18.0 Å². The van der Waals surface area contributed by atoms with E-state index in [4.69, 9.17) is 5.73 Å². The zero-order chi connectivity index (χ0) is 13.8. The Morgan fingerprint density at radius 3 is 3.00 bits per heavy atom. The molecule has 19 heavy (non-hydrogen) atoms. The first-order valence-electron chi connectivity index (χ1n) is 6.99. The van der Waals surface area contributed by atoms with E-state index in [1.807, 2.05) is 0 Å². The van der Waals surface area contributed by atoms with Crippen LogP contribution in [0.25, 0.3) is 0 Å². The van der Waals surface area contributed by atoms with Gasteiger partial charge in [-0.25, -0.2) is 0 Å². The summed E-state index contributed by atoms with van der Waals surface area (Å²) < 4.78 is 0. The summed E-state index contributed by atoms with van der Waals surface area (Å²) in [5.41, 5.74) is 9.14. The van der Waals surface area contributed by atoms with E-state index < -0.39 is 0 Å². The van der Waals surface area contributed by atoms with Crippen molar-refractivity contribution in [2.45, 2.75) is 39.3 Å². The Bertz CT molecular complexity index is 459. The maximum atomic E-state index is 11.5. The van der Waals surface area contributed by atoms with Crippen LogP contribution in [0.4, 0.5) is 5.69 Å². The summed E-state index contributed by atoms with van der Waals surface area (Å²) in [6.45, 7) is 6.87. The molecule has 3 N–H and O–H groups in total. The van der Waals surface area contributed by atoms with Gasteiger partial charge in [-0.3, -0.25) is 4.79 Å². The van der Waals surface area contributed by atoms with Crippen LogP contribution in [0.15, 0.2) is 18.2 Å². The number of nitrogens with zero attached hydrogens (tertiary/aromatic N) is 1. The maximum Gasteiger partial charge on any atom is 0.240 e. The molecule has 0 radical (unpaired) electrons. The molecule has 4 heteroatoms. The minimum Gasteiger partial charge on any atom is -0.368 e. The first-order valence-corrected chi connectivity index (χ1v) is 6.99. The van der Waals surface area contributed by atoms with Gasteiger partial charge >= 0.3 is 0 Å². The average Bonchev–Trinajstić information content (AvgIpc) is 2.85. The van der Waals surface area contributed by atoms with Crippen LogP contribution in [0.5, 0.6) is 0 Å². The molecule has 0 bridgehead atoms. The van der Waals surface area contributed by atoms with Gasteiger partial charge in [0.05, 0.1) is 0 Å². The van der Waals surface area contributed by atoms with Gasteiger partial charge in [0.1, 0.15) is 6.04 Å². The van der Waals surface area contributed by atoms with Crippen LogP contribution in [-0.4, -0.2) is 25.0 Å². The van der Waals surface area contributed by atoms with Crippen LogP contribution in [0.1, 0.15) is 30.9 Å². The topological polar surface area (TPSA) is 58.4 Å². The number of carbonyl (C=O) groups is 1. The smallest absolute Gasteiger partial charge is 0.240 e. The fraction of sp³-hybridized carbons (Fsp3) is 0.533. The van der Waals surface area contributed by atoms with Crippen LogP contribution in [0.3, 0.4) is 0 Å². The second-order valence-electron chi connectivity index (χ2n) is 5.17. The van der Waals surface area contributed by atoms with Crippen LogP contribution < -0.4 is 16.0 Å². The molecular formula is C15H23N3O. The molecule has 0 saturated carbocycles. The Morgan fingerprint density at radius 2 is 2.32 bits per heavy atom. The van der Waals surface area contributed by atoms with Gasteiger partial charge in [-0.2, -0.15) is 0 Å². The third-order valence-electron chi connectivity index (χ3n) is 3.69. The van der Waals surface area contributed by atoms with Gasteiger partial charge in [0.15, 0.2) is 0 Å². The molecular weight excluding hydrogens is 238 g/mol. The summed E-state index contributed by atoms with van der Waals surface area (Å²) in [6.07, 6.45) is 1.89. The Morgan fingerprint density at radius 1 is 1.53 bits per heavy atom. The van der Waals surface area contributed by atoms with Gasteiger partial charge in [-0.15, -0.1) is 0 Å². The van der Waals surface area contributed by atoms with Crippen LogP contribution in [-0.2, 0) is 11.3 Å². The van der Waals surface area contributed by atoms with Crippen molar-refractivity contribution in [2.24, 2.45) is 5.73 Å². The van der Waals surface area contributed by atoms with Crippen molar-refractivity contribution < 1.29 is 4.79 Å². The lowest BCUT2D eigenvalue weighted by Gasteiger charge is -2.27. The number of aryl methyl sites for hydroxylation is 1. The molecule has 1 saturated heterocycles. The molecule has 1 unspecified atom stereocenters. The second-order valence-corrected chi connectivity index (χ2v) is 5.17. The number of benzene rings is 1. The number of nitrogens with two attached hydrogens (primary N) is 1. The van der Waals surface area contributed by atoms with E-state index in [-0.39, 0.29) is 11.9 Å². The first kappa shape index (κ1) is 13.9. The fourth-order valence-corrected chi connectivity index (χ4v) is 2.75. The van der Waals surface area contributed by atoms with Crippen LogP contribution >= 0.6 is 0 Å². The molecule has 1 fully saturated rings. The highest BCUT2D eigenvalue weighted by molar-refractivity contribution is 5.84. The minimum absolute atomic E-state index is 0.150. The molecule has 0 aromatic heterocycles. The Kier molecular flexibility index (Phi) is 4.43. The summed E-state index contributed by atoms with van der Waals surface area (Å²) in [5.74, 6) is -0.215. The van der Waals surface area contributed by atoms with E-state index in [0.29, 0.717) is 0 Å². The summed E-state index contributed by atoms with van der Waals surface area (Å²) in [7, 11) is 0. The number of amides is 1.